The van der Waals surface area contributed by atoms with Crippen LogP contribution < -0.4 is 16.0 Å². The second-order valence-electron chi connectivity index (χ2n) is 9.96. The molecule has 11 heteroatoms. The molecule has 0 aliphatic carbocycles. The van der Waals surface area contributed by atoms with Crippen molar-refractivity contribution in [2.45, 2.75) is 25.4 Å². The summed E-state index contributed by atoms with van der Waals surface area (Å²) in [5, 5.41) is 3.95. The molecule has 2 aliphatic heterocycles. The fourth-order valence-corrected chi connectivity index (χ4v) is 5.23. The summed E-state index contributed by atoms with van der Waals surface area (Å²) in [6.45, 7) is 5.70. The van der Waals surface area contributed by atoms with Gasteiger partial charge in [0.2, 0.25) is 0 Å². The minimum absolute atomic E-state index is 0. The lowest BCUT2D eigenvalue weighted by molar-refractivity contribution is 0.102. The van der Waals surface area contributed by atoms with Crippen LogP contribution in [0.1, 0.15) is 28.9 Å². The highest BCUT2D eigenvalue weighted by molar-refractivity contribution is 6.03. The number of ether oxygens (including phenoxy) is 1. The van der Waals surface area contributed by atoms with Crippen LogP contribution in [0.2, 0.25) is 0 Å². The smallest absolute Gasteiger partial charge is 0.274 e. The van der Waals surface area contributed by atoms with Crippen molar-refractivity contribution in [1.82, 2.24) is 24.8 Å². The number of nitrogens with two attached hydrogens (primary N) is 1. The first-order valence-corrected chi connectivity index (χ1v) is 13.1. The number of pyridine rings is 1. The number of halogens is 1. The molecule has 0 bridgehead atoms. The third-order valence-electron chi connectivity index (χ3n) is 7.17. The van der Waals surface area contributed by atoms with Gasteiger partial charge in [0.05, 0.1) is 18.6 Å². The predicted octanol–water partition coefficient (Wildman–Crippen LogP) is 3.45. The van der Waals surface area contributed by atoms with Crippen LogP contribution in [0.15, 0.2) is 55.0 Å². The number of likely N-dealkylation sites (tertiary alicyclic amines) is 1. The number of hydrogen-bond donors (Lipinski definition) is 3. The average molecular weight is 549 g/mol. The van der Waals surface area contributed by atoms with Gasteiger partial charge in [-0.3, -0.25) is 14.7 Å². The summed E-state index contributed by atoms with van der Waals surface area (Å²) in [5.41, 5.74) is 11.0. The van der Waals surface area contributed by atoms with E-state index in [1.165, 1.54) is 0 Å². The van der Waals surface area contributed by atoms with Crippen molar-refractivity contribution in [3.63, 3.8) is 0 Å². The highest BCUT2D eigenvalue weighted by Gasteiger charge is 2.19. The van der Waals surface area contributed by atoms with Gasteiger partial charge in [-0.05, 0) is 60.8 Å². The van der Waals surface area contributed by atoms with Gasteiger partial charge in [0.25, 0.3) is 5.91 Å². The number of piperidine rings is 1. The zero-order chi connectivity index (χ0) is 25.9. The van der Waals surface area contributed by atoms with Crippen LogP contribution in [-0.2, 0) is 11.3 Å². The van der Waals surface area contributed by atoms with Crippen molar-refractivity contribution in [2.75, 3.05) is 49.6 Å². The summed E-state index contributed by atoms with van der Waals surface area (Å²) in [5.74, 6) is 0.688. The Morgan fingerprint density at radius 3 is 2.69 bits per heavy atom. The molecule has 39 heavy (non-hydrogen) atoms. The van der Waals surface area contributed by atoms with E-state index in [1.54, 1.807) is 12.5 Å². The standard InChI is InChI=1S/C28H32N8O2.ClH/c29-21-2-1-9-35(17-21)16-19-7-8-30-25(14-19)28(37)33-22-5-3-20(4-6-22)24-15-23-26(34-24)31-18-32-27(23)36-10-12-38-13-11-36;/h3-8,14-15,18,21H,1-2,9-13,16-17,29H2,(H,33,37)(H,31,32,34);1H/t21-;/m1./s1. The van der Waals surface area contributed by atoms with Crippen LogP contribution in [0, 0.1) is 0 Å². The van der Waals surface area contributed by atoms with Gasteiger partial charge in [0.15, 0.2) is 0 Å². The van der Waals surface area contributed by atoms with Crippen molar-refractivity contribution >= 4 is 40.9 Å². The first-order chi connectivity index (χ1) is 18.6. The van der Waals surface area contributed by atoms with Gasteiger partial charge in [-0.15, -0.1) is 12.4 Å². The topological polar surface area (TPSA) is 125 Å². The molecule has 4 aromatic rings. The molecule has 1 atom stereocenters. The quantitative estimate of drug-likeness (QED) is 0.334. The van der Waals surface area contributed by atoms with Gasteiger partial charge < -0.3 is 25.7 Å². The molecule has 204 valence electrons. The fraction of sp³-hybridized carbons (Fsp3) is 0.357. The summed E-state index contributed by atoms with van der Waals surface area (Å²) in [4.78, 5) is 34.1. The number of carbonyl (C=O) groups excluding carboxylic acids is 1. The molecular formula is C28H33ClN8O2. The number of aromatic nitrogens is 4. The summed E-state index contributed by atoms with van der Waals surface area (Å²) >= 11 is 0. The predicted molar refractivity (Wildman–Crippen MR) is 154 cm³/mol. The fourth-order valence-electron chi connectivity index (χ4n) is 5.23. The molecule has 0 radical (unpaired) electrons. The van der Waals surface area contributed by atoms with E-state index in [2.05, 4.69) is 41.1 Å². The van der Waals surface area contributed by atoms with Crippen LogP contribution in [0.25, 0.3) is 22.3 Å². The molecule has 2 saturated heterocycles. The van der Waals surface area contributed by atoms with Crippen LogP contribution in [0.4, 0.5) is 11.5 Å². The van der Waals surface area contributed by atoms with Crippen LogP contribution >= 0.6 is 12.4 Å². The molecular weight excluding hydrogens is 516 g/mol. The number of nitrogens with zero attached hydrogens (tertiary/aromatic N) is 5. The lowest BCUT2D eigenvalue weighted by atomic mass is 10.1. The zero-order valence-electron chi connectivity index (χ0n) is 21.7. The number of hydrogen-bond acceptors (Lipinski definition) is 8. The molecule has 4 N–H and O–H groups in total. The van der Waals surface area contributed by atoms with E-state index in [1.807, 2.05) is 36.4 Å². The van der Waals surface area contributed by atoms with E-state index >= 15 is 0 Å². The third-order valence-corrected chi connectivity index (χ3v) is 7.17. The minimum Gasteiger partial charge on any atom is -0.378 e. The van der Waals surface area contributed by atoms with E-state index < -0.39 is 0 Å². The highest BCUT2D eigenvalue weighted by atomic mass is 35.5. The Bertz CT molecular complexity index is 1420. The first-order valence-electron chi connectivity index (χ1n) is 13.1. The summed E-state index contributed by atoms with van der Waals surface area (Å²) < 4.78 is 5.48. The van der Waals surface area contributed by atoms with Gasteiger partial charge >= 0.3 is 0 Å². The number of morpholine rings is 1. The minimum atomic E-state index is -0.231. The van der Waals surface area contributed by atoms with Crippen LogP contribution in [0.3, 0.4) is 0 Å². The Balaban J connectivity index is 0.00000308. The van der Waals surface area contributed by atoms with E-state index in [0.717, 1.165) is 79.2 Å². The average Bonchev–Trinajstić information content (AvgIpc) is 3.39. The summed E-state index contributed by atoms with van der Waals surface area (Å²) in [6, 6.07) is 13.9. The van der Waals surface area contributed by atoms with Crippen molar-refractivity contribution < 1.29 is 9.53 Å². The Morgan fingerprint density at radius 1 is 1.08 bits per heavy atom. The van der Waals surface area contributed by atoms with Crippen LogP contribution in [-0.4, -0.2) is 76.2 Å². The molecule has 1 aromatic carbocycles. The first kappa shape index (κ1) is 27.0. The van der Waals surface area contributed by atoms with Crippen molar-refractivity contribution in [3.8, 4) is 11.3 Å². The lowest BCUT2D eigenvalue weighted by Gasteiger charge is -2.30. The maximum atomic E-state index is 12.9. The molecule has 3 aromatic heterocycles. The Kier molecular flexibility index (Phi) is 8.37. The highest BCUT2D eigenvalue weighted by Crippen LogP contribution is 2.29. The lowest BCUT2D eigenvalue weighted by Crippen LogP contribution is -2.42. The van der Waals surface area contributed by atoms with Gasteiger partial charge in [-0.2, -0.15) is 0 Å². The number of carbonyl (C=O) groups is 1. The van der Waals surface area contributed by atoms with Crippen molar-refractivity contribution in [1.29, 1.82) is 0 Å². The SMILES string of the molecule is Cl.N[C@@H]1CCCN(Cc2ccnc(C(=O)Nc3ccc(-c4cc5c(N6CCOCC6)ncnc5[nH]4)cc3)c2)C1. The third kappa shape index (κ3) is 6.20. The van der Waals surface area contributed by atoms with Gasteiger partial charge in [0, 0.05) is 49.8 Å². The molecule has 5 heterocycles. The number of aromatic amines is 1. The maximum absolute atomic E-state index is 12.9. The van der Waals surface area contributed by atoms with Gasteiger partial charge in [-0.1, -0.05) is 12.1 Å². The van der Waals surface area contributed by atoms with Crippen molar-refractivity contribution in [2.24, 2.45) is 5.73 Å². The number of rotatable bonds is 6. The number of H-pyrrole nitrogens is 1. The summed E-state index contributed by atoms with van der Waals surface area (Å²) in [7, 11) is 0. The van der Waals surface area contributed by atoms with E-state index in [4.69, 9.17) is 10.5 Å². The molecule has 2 aliphatic rings. The van der Waals surface area contributed by atoms with Gasteiger partial charge in [0.1, 0.15) is 23.5 Å². The molecule has 1 amide bonds. The Hall–Kier alpha value is -3.57. The Labute approximate surface area is 233 Å². The molecule has 6 rings (SSSR count). The molecule has 0 saturated carbocycles. The largest absolute Gasteiger partial charge is 0.378 e. The zero-order valence-corrected chi connectivity index (χ0v) is 22.5. The second kappa shape index (κ2) is 12.1. The Morgan fingerprint density at radius 2 is 1.90 bits per heavy atom. The number of amides is 1. The van der Waals surface area contributed by atoms with Crippen LogP contribution in [0.5, 0.6) is 0 Å². The molecule has 0 spiro atoms. The van der Waals surface area contributed by atoms with E-state index in [0.29, 0.717) is 24.6 Å². The number of fused-ring (bicyclic) bond motifs is 1. The van der Waals surface area contributed by atoms with Crippen molar-refractivity contribution in [3.05, 3.63) is 66.2 Å². The monoisotopic (exact) mass is 548 g/mol. The maximum Gasteiger partial charge on any atom is 0.274 e. The summed E-state index contributed by atoms with van der Waals surface area (Å²) in [6.07, 6.45) is 5.47. The number of benzene rings is 1. The van der Waals surface area contributed by atoms with E-state index in [9.17, 15) is 4.79 Å². The number of anilines is 2. The molecule has 10 nitrogen and oxygen atoms in total. The van der Waals surface area contributed by atoms with Gasteiger partial charge in [-0.25, -0.2) is 9.97 Å². The number of nitrogens with one attached hydrogen (secondary N) is 2. The second-order valence-corrected chi connectivity index (χ2v) is 9.96. The normalized spacial score (nSPS) is 18.1. The van der Waals surface area contributed by atoms with E-state index in [-0.39, 0.29) is 24.4 Å². The molecule has 2 fully saturated rings. The molecule has 0 unspecified atom stereocenters.